The van der Waals surface area contributed by atoms with Crippen LogP contribution < -0.4 is 5.73 Å². The molecule has 0 saturated heterocycles. The highest BCUT2D eigenvalue weighted by Gasteiger charge is 2.05. The Morgan fingerprint density at radius 2 is 2.14 bits per heavy atom. The van der Waals surface area contributed by atoms with E-state index in [1.54, 1.807) is 12.2 Å². The molecule has 0 unspecified atom stereocenters. The molecule has 0 saturated carbocycles. The van der Waals surface area contributed by atoms with Crippen molar-refractivity contribution in [3.05, 3.63) is 27.7 Å². The van der Waals surface area contributed by atoms with Crippen molar-refractivity contribution >= 4 is 21.6 Å². The van der Waals surface area contributed by atoms with Crippen LogP contribution in [0.25, 0.3) is 0 Å². The van der Waals surface area contributed by atoms with E-state index < -0.39 is 0 Å². The molecule has 3 nitrogen and oxygen atoms in total. The van der Waals surface area contributed by atoms with Crippen molar-refractivity contribution in [3.63, 3.8) is 0 Å². The number of hydroxylamine groups is 2. The number of hydrogen-bond donors (Lipinski definition) is 1. The highest BCUT2D eigenvalue weighted by atomic mass is 79.9. The van der Waals surface area contributed by atoms with Crippen molar-refractivity contribution in [2.45, 2.75) is 13.5 Å². The largest absolute Gasteiger partial charge is 0.399 e. The number of halogens is 1. The fourth-order valence-electron chi connectivity index (χ4n) is 1.16. The van der Waals surface area contributed by atoms with E-state index in [4.69, 9.17) is 10.6 Å². The number of hydrogen-bond acceptors (Lipinski definition) is 3. The number of anilines is 1. The van der Waals surface area contributed by atoms with Gasteiger partial charge in [0.15, 0.2) is 0 Å². The van der Waals surface area contributed by atoms with E-state index in [-0.39, 0.29) is 0 Å². The van der Waals surface area contributed by atoms with E-state index in [0.29, 0.717) is 6.54 Å². The lowest BCUT2D eigenvalue weighted by Crippen LogP contribution is -2.16. The number of rotatable bonds is 3. The lowest BCUT2D eigenvalue weighted by atomic mass is 10.1. The summed E-state index contributed by atoms with van der Waals surface area (Å²) in [5.41, 5.74) is 8.85. The van der Waals surface area contributed by atoms with Crippen molar-refractivity contribution in [1.29, 1.82) is 0 Å². The number of aryl methyl sites for hydroxylation is 1. The van der Waals surface area contributed by atoms with Crippen LogP contribution in [0.15, 0.2) is 16.6 Å². The fraction of sp³-hybridized carbons (Fsp3) is 0.400. The molecule has 0 aliphatic carbocycles. The second-order valence-electron chi connectivity index (χ2n) is 3.27. The van der Waals surface area contributed by atoms with Gasteiger partial charge >= 0.3 is 0 Å². The highest BCUT2D eigenvalue weighted by molar-refractivity contribution is 9.10. The Bertz CT molecular complexity index is 328. The van der Waals surface area contributed by atoms with Gasteiger partial charge in [-0.3, -0.25) is 0 Å². The average molecular weight is 259 g/mol. The molecule has 0 aliphatic rings. The maximum Gasteiger partial charge on any atom is 0.0575 e. The van der Waals surface area contributed by atoms with Crippen LogP contribution in [0.3, 0.4) is 0 Å². The first kappa shape index (κ1) is 11.5. The molecule has 1 aromatic carbocycles. The summed E-state index contributed by atoms with van der Waals surface area (Å²) in [5, 5.41) is 1.74. The number of benzene rings is 1. The summed E-state index contributed by atoms with van der Waals surface area (Å²) in [4.78, 5) is 5.05. The van der Waals surface area contributed by atoms with E-state index in [0.717, 1.165) is 21.3 Å². The quantitative estimate of drug-likeness (QED) is 0.668. The number of nitrogens with zero attached hydrogens (tertiary/aromatic N) is 1. The van der Waals surface area contributed by atoms with Gasteiger partial charge in [0.25, 0.3) is 0 Å². The zero-order valence-electron chi connectivity index (χ0n) is 8.67. The second-order valence-corrected chi connectivity index (χ2v) is 4.12. The van der Waals surface area contributed by atoms with Crippen molar-refractivity contribution in [2.24, 2.45) is 0 Å². The van der Waals surface area contributed by atoms with Crippen molar-refractivity contribution in [3.8, 4) is 0 Å². The van der Waals surface area contributed by atoms with Crippen LogP contribution in [0.2, 0.25) is 0 Å². The van der Waals surface area contributed by atoms with Crippen LogP contribution in [-0.2, 0) is 11.4 Å². The monoisotopic (exact) mass is 258 g/mol. The van der Waals surface area contributed by atoms with Gasteiger partial charge in [-0.2, -0.15) is 5.06 Å². The van der Waals surface area contributed by atoms with Gasteiger partial charge in [0.2, 0.25) is 0 Å². The molecular formula is C10H15BrN2O. The summed E-state index contributed by atoms with van der Waals surface area (Å²) in [6.07, 6.45) is 0. The van der Waals surface area contributed by atoms with Gasteiger partial charge in [0, 0.05) is 23.8 Å². The highest BCUT2D eigenvalue weighted by Crippen LogP contribution is 2.24. The molecule has 4 heteroatoms. The maximum absolute atomic E-state index is 5.83. The maximum atomic E-state index is 5.83. The topological polar surface area (TPSA) is 38.5 Å². The molecule has 0 heterocycles. The van der Waals surface area contributed by atoms with Crippen LogP contribution in [0.4, 0.5) is 5.69 Å². The normalized spacial score (nSPS) is 10.9. The Morgan fingerprint density at radius 3 is 2.71 bits per heavy atom. The summed E-state index contributed by atoms with van der Waals surface area (Å²) >= 11 is 3.50. The Morgan fingerprint density at radius 1 is 1.50 bits per heavy atom. The van der Waals surface area contributed by atoms with E-state index in [2.05, 4.69) is 15.9 Å². The molecule has 1 aromatic rings. The molecular weight excluding hydrogens is 244 g/mol. The third kappa shape index (κ3) is 2.70. The summed E-state index contributed by atoms with van der Waals surface area (Å²) in [6.45, 7) is 2.70. The van der Waals surface area contributed by atoms with E-state index >= 15 is 0 Å². The summed E-state index contributed by atoms with van der Waals surface area (Å²) < 4.78 is 1.06. The van der Waals surface area contributed by atoms with Gasteiger partial charge < -0.3 is 10.6 Å². The van der Waals surface area contributed by atoms with Gasteiger partial charge in [-0.05, 0) is 30.2 Å². The standard InChI is InChI=1S/C10H15BrN2O/c1-7-4-9(11)8(5-10(7)12)6-13(2)14-3/h4-5H,6,12H2,1-3H3. The zero-order chi connectivity index (χ0) is 10.7. The molecule has 0 amide bonds. The lowest BCUT2D eigenvalue weighted by Gasteiger charge is -2.15. The Kier molecular flexibility index (Phi) is 3.92. The first-order chi connectivity index (χ1) is 6.54. The predicted octanol–water partition coefficient (Wildman–Crippen LogP) is 2.33. The Labute approximate surface area is 92.9 Å². The smallest absolute Gasteiger partial charge is 0.0575 e. The molecule has 0 atom stereocenters. The second kappa shape index (κ2) is 4.77. The van der Waals surface area contributed by atoms with E-state index in [9.17, 15) is 0 Å². The molecule has 14 heavy (non-hydrogen) atoms. The average Bonchev–Trinajstić information content (AvgIpc) is 2.14. The molecule has 78 valence electrons. The predicted molar refractivity (Wildman–Crippen MR) is 61.8 cm³/mol. The van der Waals surface area contributed by atoms with Crippen molar-refractivity contribution < 1.29 is 4.84 Å². The van der Waals surface area contributed by atoms with Gasteiger partial charge in [0.1, 0.15) is 0 Å². The van der Waals surface area contributed by atoms with E-state index in [1.807, 2.05) is 26.1 Å². The van der Waals surface area contributed by atoms with Crippen LogP contribution >= 0.6 is 15.9 Å². The number of nitrogens with two attached hydrogens (primary N) is 1. The molecule has 0 radical (unpaired) electrons. The minimum Gasteiger partial charge on any atom is -0.399 e. The SMILES string of the molecule is CON(C)Cc1cc(N)c(C)cc1Br. The van der Waals surface area contributed by atoms with Gasteiger partial charge in [-0.25, -0.2) is 0 Å². The van der Waals surface area contributed by atoms with Crippen molar-refractivity contribution in [1.82, 2.24) is 5.06 Å². The first-order valence-corrected chi connectivity index (χ1v) is 5.13. The molecule has 0 aromatic heterocycles. The molecule has 0 aliphatic heterocycles. The molecule has 0 fully saturated rings. The lowest BCUT2D eigenvalue weighted by molar-refractivity contribution is -0.116. The van der Waals surface area contributed by atoms with Crippen LogP contribution in [-0.4, -0.2) is 19.2 Å². The summed E-state index contributed by atoms with van der Waals surface area (Å²) in [6, 6.07) is 3.99. The third-order valence-electron chi connectivity index (χ3n) is 2.14. The van der Waals surface area contributed by atoms with Crippen LogP contribution in [0.5, 0.6) is 0 Å². The molecule has 0 bridgehead atoms. The summed E-state index contributed by atoms with van der Waals surface area (Å²) in [7, 11) is 3.52. The number of nitrogen functional groups attached to an aromatic ring is 1. The van der Waals surface area contributed by atoms with Crippen LogP contribution in [0.1, 0.15) is 11.1 Å². The molecule has 2 N–H and O–H groups in total. The molecule has 1 rings (SSSR count). The van der Waals surface area contributed by atoms with Gasteiger partial charge in [0.05, 0.1) is 7.11 Å². The first-order valence-electron chi connectivity index (χ1n) is 4.34. The van der Waals surface area contributed by atoms with Crippen molar-refractivity contribution in [2.75, 3.05) is 19.9 Å². The molecule has 0 spiro atoms. The Hall–Kier alpha value is -0.580. The minimum atomic E-state index is 0.710. The minimum absolute atomic E-state index is 0.710. The third-order valence-corrected chi connectivity index (χ3v) is 2.88. The van der Waals surface area contributed by atoms with E-state index in [1.165, 1.54) is 0 Å². The fourth-order valence-corrected chi connectivity index (χ4v) is 1.75. The Balaban J connectivity index is 2.92. The van der Waals surface area contributed by atoms with Crippen LogP contribution in [0, 0.1) is 6.92 Å². The zero-order valence-corrected chi connectivity index (χ0v) is 10.3. The summed E-state index contributed by atoms with van der Waals surface area (Å²) in [5.74, 6) is 0. The van der Waals surface area contributed by atoms with Gasteiger partial charge in [-0.1, -0.05) is 15.9 Å². The van der Waals surface area contributed by atoms with Gasteiger partial charge in [-0.15, -0.1) is 0 Å².